The van der Waals surface area contributed by atoms with Crippen molar-refractivity contribution in [2.45, 2.75) is 6.42 Å². The molecule has 9 heavy (non-hydrogen) atoms. The maximum atomic E-state index is 5.13. The first-order chi connectivity index (χ1) is 4.33. The van der Waals surface area contributed by atoms with E-state index in [9.17, 15) is 0 Å². The molecule has 0 atom stereocenters. The van der Waals surface area contributed by atoms with Crippen LogP contribution in [0.2, 0.25) is 0 Å². The highest BCUT2D eigenvalue weighted by atomic mass is 79.9. The van der Waals surface area contributed by atoms with Crippen molar-refractivity contribution in [3.63, 3.8) is 0 Å². The number of hydrogen-bond acceptors (Lipinski definition) is 1. The van der Waals surface area contributed by atoms with Gasteiger partial charge < -0.3 is 4.42 Å². The molecule has 0 aliphatic rings. The van der Waals surface area contributed by atoms with Gasteiger partial charge >= 0.3 is 0 Å². The summed E-state index contributed by atoms with van der Waals surface area (Å²) >= 11 is 6.61. The zero-order valence-corrected chi connectivity index (χ0v) is 7.91. The monoisotopic (exact) mass is 252 g/mol. The Labute approximate surface area is 70.7 Å². The lowest BCUT2D eigenvalue weighted by molar-refractivity contribution is 0.517. The molecule has 50 valence electrons. The summed E-state index contributed by atoms with van der Waals surface area (Å²) in [7, 11) is 0. The maximum Gasteiger partial charge on any atom is 0.105 e. The van der Waals surface area contributed by atoms with Crippen LogP contribution in [0.3, 0.4) is 0 Å². The van der Waals surface area contributed by atoms with E-state index >= 15 is 0 Å². The van der Waals surface area contributed by atoms with E-state index in [1.54, 1.807) is 6.26 Å². The molecule has 0 amide bonds. The summed E-state index contributed by atoms with van der Waals surface area (Å²) in [6, 6.07) is 1.97. The van der Waals surface area contributed by atoms with Gasteiger partial charge in [-0.25, -0.2) is 0 Å². The van der Waals surface area contributed by atoms with Gasteiger partial charge in [0.15, 0.2) is 0 Å². The molecule has 0 fully saturated rings. The van der Waals surface area contributed by atoms with Gasteiger partial charge in [0.2, 0.25) is 0 Å². The van der Waals surface area contributed by atoms with Gasteiger partial charge in [0, 0.05) is 11.8 Å². The molecule has 3 heteroatoms. The first kappa shape index (κ1) is 7.35. The lowest BCUT2D eigenvalue weighted by atomic mass is 10.4. The first-order valence-electron chi connectivity index (χ1n) is 2.62. The standard InChI is InChI=1S/C6H6Br2O/c7-2-1-6-3-5(8)4-9-6/h3-4H,1-2H2. The summed E-state index contributed by atoms with van der Waals surface area (Å²) in [6.45, 7) is 0. The van der Waals surface area contributed by atoms with Crippen molar-refractivity contribution in [3.8, 4) is 0 Å². The maximum absolute atomic E-state index is 5.13. The highest BCUT2D eigenvalue weighted by Gasteiger charge is 1.95. The fourth-order valence-electron chi connectivity index (χ4n) is 0.578. The van der Waals surface area contributed by atoms with Crippen LogP contribution < -0.4 is 0 Å². The van der Waals surface area contributed by atoms with E-state index in [0.717, 1.165) is 22.0 Å². The van der Waals surface area contributed by atoms with Gasteiger partial charge in [0.1, 0.15) is 12.0 Å². The molecule has 0 aliphatic carbocycles. The molecule has 0 spiro atoms. The molecule has 1 nitrogen and oxygen atoms in total. The zero-order chi connectivity index (χ0) is 6.69. The van der Waals surface area contributed by atoms with Crippen LogP contribution in [0, 0.1) is 0 Å². The highest BCUT2D eigenvalue weighted by Crippen LogP contribution is 2.14. The molecule has 1 rings (SSSR count). The van der Waals surface area contributed by atoms with Gasteiger partial charge in [-0.15, -0.1) is 0 Å². The molecular weight excluding hydrogens is 248 g/mol. The lowest BCUT2D eigenvalue weighted by Gasteiger charge is -1.84. The van der Waals surface area contributed by atoms with Gasteiger partial charge in [-0.3, -0.25) is 0 Å². The van der Waals surface area contributed by atoms with Crippen LogP contribution in [0.4, 0.5) is 0 Å². The van der Waals surface area contributed by atoms with Crippen LogP contribution in [0.25, 0.3) is 0 Å². The molecule has 1 heterocycles. The Hall–Kier alpha value is 0.240. The van der Waals surface area contributed by atoms with Crippen molar-refractivity contribution in [1.29, 1.82) is 0 Å². The van der Waals surface area contributed by atoms with Gasteiger partial charge in [-0.05, 0) is 22.0 Å². The summed E-state index contributed by atoms with van der Waals surface area (Å²) in [6.07, 6.45) is 2.64. The van der Waals surface area contributed by atoms with E-state index < -0.39 is 0 Å². The predicted molar refractivity (Wildman–Crippen MR) is 43.9 cm³/mol. The second-order valence-corrected chi connectivity index (χ2v) is 3.38. The summed E-state index contributed by atoms with van der Waals surface area (Å²) in [5, 5.41) is 0.951. The van der Waals surface area contributed by atoms with E-state index in [2.05, 4.69) is 31.9 Å². The van der Waals surface area contributed by atoms with Crippen LogP contribution in [-0.4, -0.2) is 5.33 Å². The van der Waals surface area contributed by atoms with E-state index in [1.807, 2.05) is 6.07 Å². The highest BCUT2D eigenvalue weighted by molar-refractivity contribution is 9.10. The minimum atomic E-state index is 0.950. The zero-order valence-electron chi connectivity index (χ0n) is 4.73. The number of rotatable bonds is 2. The third-order valence-corrected chi connectivity index (χ3v) is 1.77. The van der Waals surface area contributed by atoms with Crippen molar-refractivity contribution in [1.82, 2.24) is 0 Å². The molecule has 1 aromatic rings. The second-order valence-electron chi connectivity index (χ2n) is 1.67. The average molecular weight is 254 g/mol. The Balaban J connectivity index is 2.61. The van der Waals surface area contributed by atoms with Crippen molar-refractivity contribution < 1.29 is 4.42 Å². The number of furan rings is 1. The second kappa shape index (κ2) is 3.42. The number of aryl methyl sites for hydroxylation is 1. The van der Waals surface area contributed by atoms with Crippen LogP contribution >= 0.6 is 31.9 Å². The van der Waals surface area contributed by atoms with Crippen LogP contribution in [0.1, 0.15) is 5.76 Å². The summed E-state index contributed by atoms with van der Waals surface area (Å²) in [4.78, 5) is 0. The van der Waals surface area contributed by atoms with E-state index in [-0.39, 0.29) is 0 Å². The predicted octanol–water partition coefficient (Wildman–Crippen LogP) is 2.98. The van der Waals surface area contributed by atoms with Crippen LogP contribution in [0.5, 0.6) is 0 Å². The average Bonchev–Trinajstić information content (AvgIpc) is 2.17. The summed E-state index contributed by atoms with van der Waals surface area (Å²) in [5.74, 6) is 1.01. The third kappa shape index (κ3) is 2.14. The minimum Gasteiger partial charge on any atom is -0.468 e. The van der Waals surface area contributed by atoms with E-state index in [4.69, 9.17) is 4.42 Å². The lowest BCUT2D eigenvalue weighted by Crippen LogP contribution is -1.78. The molecule has 1 aromatic heterocycles. The minimum absolute atomic E-state index is 0.950. The van der Waals surface area contributed by atoms with Gasteiger partial charge in [0.05, 0.1) is 4.47 Å². The number of alkyl halides is 1. The Morgan fingerprint density at radius 2 is 2.33 bits per heavy atom. The normalized spacial score (nSPS) is 10.0. The molecule has 0 bridgehead atoms. The molecule has 0 radical (unpaired) electrons. The van der Waals surface area contributed by atoms with Crippen molar-refractivity contribution in [2.24, 2.45) is 0 Å². The van der Waals surface area contributed by atoms with Crippen molar-refractivity contribution >= 4 is 31.9 Å². The van der Waals surface area contributed by atoms with E-state index in [1.165, 1.54) is 0 Å². The fourth-order valence-corrected chi connectivity index (χ4v) is 1.32. The van der Waals surface area contributed by atoms with Gasteiger partial charge in [0.25, 0.3) is 0 Å². The van der Waals surface area contributed by atoms with Gasteiger partial charge in [-0.1, -0.05) is 15.9 Å². The molecular formula is C6H6Br2O. The SMILES string of the molecule is BrCCc1cc(Br)co1. The quantitative estimate of drug-likeness (QED) is 0.739. The van der Waals surface area contributed by atoms with Crippen LogP contribution in [0.15, 0.2) is 21.2 Å². The van der Waals surface area contributed by atoms with E-state index in [0.29, 0.717) is 0 Å². The molecule has 0 saturated carbocycles. The Morgan fingerprint density at radius 1 is 1.56 bits per heavy atom. The smallest absolute Gasteiger partial charge is 0.105 e. The molecule has 0 aliphatic heterocycles. The topological polar surface area (TPSA) is 13.1 Å². The van der Waals surface area contributed by atoms with Gasteiger partial charge in [-0.2, -0.15) is 0 Å². The van der Waals surface area contributed by atoms with Crippen LogP contribution in [-0.2, 0) is 6.42 Å². The fraction of sp³-hybridized carbons (Fsp3) is 0.333. The third-order valence-electron chi connectivity index (χ3n) is 0.963. The molecule has 0 saturated heterocycles. The van der Waals surface area contributed by atoms with Crippen molar-refractivity contribution in [3.05, 3.63) is 22.6 Å². The molecule has 0 N–H and O–H groups in total. The Kier molecular flexibility index (Phi) is 2.79. The molecule has 0 aromatic carbocycles. The largest absolute Gasteiger partial charge is 0.468 e. The Morgan fingerprint density at radius 3 is 2.78 bits per heavy atom. The number of hydrogen-bond donors (Lipinski definition) is 0. The Bertz CT molecular complexity index is 183. The summed E-state index contributed by atoms with van der Waals surface area (Å²) < 4.78 is 6.14. The number of halogens is 2. The van der Waals surface area contributed by atoms with Crippen molar-refractivity contribution in [2.75, 3.05) is 5.33 Å². The molecule has 0 unspecified atom stereocenters. The first-order valence-corrected chi connectivity index (χ1v) is 4.53. The summed E-state index contributed by atoms with van der Waals surface area (Å²) in [5.41, 5.74) is 0.